The van der Waals surface area contributed by atoms with E-state index in [-0.39, 0.29) is 17.9 Å². The van der Waals surface area contributed by atoms with E-state index in [2.05, 4.69) is 36.6 Å². The summed E-state index contributed by atoms with van der Waals surface area (Å²) < 4.78 is 17.0. The van der Waals surface area contributed by atoms with Gasteiger partial charge in [-0.2, -0.15) is 0 Å². The fraction of sp³-hybridized carbons (Fsp3) is 0.176. The standard InChI is InChI=1S/C17H14Br2O5/c1-10-7-11(18)8-13(19)16(10)23-9-15(20)24-14-6-4-3-5-12(14)17(21)22-2/h3-8H,9H2,1-2H3. The lowest BCUT2D eigenvalue weighted by molar-refractivity contribution is -0.136. The van der Waals surface area contributed by atoms with E-state index in [1.54, 1.807) is 12.1 Å². The third-order valence-corrected chi connectivity index (χ3v) is 4.09. The highest BCUT2D eigenvalue weighted by Gasteiger charge is 2.16. The summed E-state index contributed by atoms with van der Waals surface area (Å²) in [4.78, 5) is 23.7. The molecule has 2 aromatic rings. The first kappa shape index (κ1) is 18.5. The molecule has 0 aliphatic carbocycles. The smallest absolute Gasteiger partial charge is 0.349 e. The summed E-state index contributed by atoms with van der Waals surface area (Å²) in [6.45, 7) is 1.57. The topological polar surface area (TPSA) is 61.8 Å². The first-order valence-electron chi connectivity index (χ1n) is 6.89. The van der Waals surface area contributed by atoms with Gasteiger partial charge in [-0.1, -0.05) is 28.1 Å². The van der Waals surface area contributed by atoms with Gasteiger partial charge in [-0.15, -0.1) is 0 Å². The molecule has 0 N–H and O–H groups in total. The van der Waals surface area contributed by atoms with E-state index < -0.39 is 11.9 Å². The number of rotatable bonds is 5. The van der Waals surface area contributed by atoms with Gasteiger partial charge in [-0.3, -0.25) is 0 Å². The molecule has 0 aliphatic rings. The zero-order chi connectivity index (χ0) is 17.7. The summed E-state index contributed by atoms with van der Waals surface area (Å²) in [5.74, 6) is -0.521. The van der Waals surface area contributed by atoms with Crippen LogP contribution >= 0.6 is 31.9 Å². The minimum absolute atomic E-state index is 0.129. The molecule has 0 bridgehead atoms. The van der Waals surface area contributed by atoms with Crippen LogP contribution in [0.5, 0.6) is 11.5 Å². The van der Waals surface area contributed by atoms with Crippen molar-refractivity contribution in [1.82, 2.24) is 0 Å². The van der Waals surface area contributed by atoms with Gasteiger partial charge in [0.2, 0.25) is 0 Å². The summed E-state index contributed by atoms with van der Waals surface area (Å²) in [7, 11) is 1.26. The molecule has 0 saturated heterocycles. The van der Waals surface area contributed by atoms with E-state index in [0.717, 1.165) is 14.5 Å². The molecule has 0 radical (unpaired) electrons. The summed E-state index contributed by atoms with van der Waals surface area (Å²) >= 11 is 6.77. The Morgan fingerprint density at radius 1 is 1.12 bits per heavy atom. The lowest BCUT2D eigenvalue weighted by Crippen LogP contribution is -2.19. The number of halogens is 2. The van der Waals surface area contributed by atoms with Crippen LogP contribution in [0.2, 0.25) is 0 Å². The Morgan fingerprint density at radius 2 is 1.83 bits per heavy atom. The van der Waals surface area contributed by atoms with Crippen molar-refractivity contribution in [1.29, 1.82) is 0 Å². The average Bonchev–Trinajstić information content (AvgIpc) is 2.53. The molecule has 0 aliphatic heterocycles. The van der Waals surface area contributed by atoms with Crippen molar-refractivity contribution in [3.8, 4) is 11.5 Å². The number of aryl methyl sites for hydroxylation is 1. The molecule has 0 spiro atoms. The van der Waals surface area contributed by atoms with Crippen molar-refractivity contribution in [3.63, 3.8) is 0 Å². The second-order valence-electron chi connectivity index (χ2n) is 4.78. The van der Waals surface area contributed by atoms with Crippen LogP contribution in [0.25, 0.3) is 0 Å². The molecule has 0 heterocycles. The van der Waals surface area contributed by atoms with Crippen molar-refractivity contribution in [2.45, 2.75) is 6.92 Å². The van der Waals surface area contributed by atoms with Crippen LogP contribution in [0, 0.1) is 6.92 Å². The average molecular weight is 458 g/mol. The van der Waals surface area contributed by atoms with Gasteiger partial charge in [0.1, 0.15) is 17.1 Å². The molecule has 0 fully saturated rings. The molecule has 2 rings (SSSR count). The molecule has 5 nitrogen and oxygen atoms in total. The molecule has 0 amide bonds. The fourth-order valence-corrected chi connectivity index (χ4v) is 3.54. The van der Waals surface area contributed by atoms with Crippen molar-refractivity contribution >= 4 is 43.8 Å². The maximum atomic E-state index is 12.0. The normalized spacial score (nSPS) is 10.2. The molecule has 126 valence electrons. The Kier molecular flexibility index (Phi) is 6.39. The van der Waals surface area contributed by atoms with Crippen molar-refractivity contribution in [3.05, 3.63) is 56.5 Å². The minimum atomic E-state index is -0.624. The third kappa shape index (κ3) is 4.58. The monoisotopic (exact) mass is 456 g/mol. The quantitative estimate of drug-likeness (QED) is 0.495. The van der Waals surface area contributed by atoms with Crippen LogP contribution in [-0.4, -0.2) is 25.7 Å². The van der Waals surface area contributed by atoms with Crippen molar-refractivity contribution < 1.29 is 23.8 Å². The molecule has 0 aromatic heterocycles. The third-order valence-electron chi connectivity index (χ3n) is 3.04. The van der Waals surface area contributed by atoms with E-state index in [9.17, 15) is 9.59 Å². The van der Waals surface area contributed by atoms with Gasteiger partial charge in [0.25, 0.3) is 0 Å². The Bertz CT molecular complexity index is 750. The Hall–Kier alpha value is -1.86. The first-order valence-corrected chi connectivity index (χ1v) is 8.47. The Balaban J connectivity index is 2.06. The van der Waals surface area contributed by atoms with Crippen LogP contribution in [0.15, 0.2) is 45.3 Å². The largest absolute Gasteiger partial charge is 0.480 e. The number of methoxy groups -OCH3 is 1. The first-order chi connectivity index (χ1) is 11.4. The predicted molar refractivity (Wildman–Crippen MR) is 95.5 cm³/mol. The summed E-state index contributed by atoms with van der Waals surface area (Å²) in [6.07, 6.45) is 0. The second kappa shape index (κ2) is 8.30. The van der Waals surface area contributed by atoms with Crippen LogP contribution in [0.3, 0.4) is 0 Å². The maximum Gasteiger partial charge on any atom is 0.349 e. The Morgan fingerprint density at radius 3 is 2.50 bits per heavy atom. The second-order valence-corrected chi connectivity index (χ2v) is 6.55. The molecule has 0 atom stereocenters. The lowest BCUT2D eigenvalue weighted by atomic mass is 10.2. The molecule has 7 heteroatoms. The lowest BCUT2D eigenvalue weighted by Gasteiger charge is -2.12. The van der Waals surface area contributed by atoms with E-state index >= 15 is 0 Å². The van der Waals surface area contributed by atoms with Crippen LogP contribution in [0.4, 0.5) is 0 Å². The zero-order valence-electron chi connectivity index (χ0n) is 13.0. The highest BCUT2D eigenvalue weighted by Crippen LogP contribution is 2.32. The van der Waals surface area contributed by atoms with Crippen molar-refractivity contribution in [2.24, 2.45) is 0 Å². The van der Waals surface area contributed by atoms with Crippen LogP contribution in [0.1, 0.15) is 15.9 Å². The Labute approximate surface area is 156 Å². The number of carbonyl (C=O) groups is 2. The molecule has 0 unspecified atom stereocenters. The van der Waals surface area contributed by atoms with Crippen molar-refractivity contribution in [2.75, 3.05) is 13.7 Å². The number of benzene rings is 2. The van der Waals surface area contributed by atoms with Gasteiger partial charge >= 0.3 is 11.9 Å². The number of carbonyl (C=O) groups excluding carboxylic acids is 2. The molecular formula is C17H14Br2O5. The van der Waals surface area contributed by atoms with Gasteiger partial charge in [-0.25, -0.2) is 9.59 Å². The number of esters is 2. The van der Waals surface area contributed by atoms with Crippen LogP contribution in [-0.2, 0) is 9.53 Å². The fourth-order valence-electron chi connectivity index (χ4n) is 1.99. The number of para-hydroxylation sites is 1. The van der Waals surface area contributed by atoms with E-state index in [1.165, 1.54) is 19.2 Å². The molecule has 2 aromatic carbocycles. The highest BCUT2D eigenvalue weighted by atomic mass is 79.9. The van der Waals surface area contributed by atoms with E-state index in [1.807, 2.05) is 19.1 Å². The summed E-state index contributed by atoms with van der Waals surface area (Å²) in [5, 5.41) is 0. The van der Waals surface area contributed by atoms with Crippen LogP contribution < -0.4 is 9.47 Å². The summed E-state index contributed by atoms with van der Waals surface area (Å²) in [6, 6.07) is 10.0. The van der Waals surface area contributed by atoms with Gasteiger partial charge < -0.3 is 14.2 Å². The van der Waals surface area contributed by atoms with E-state index in [0.29, 0.717) is 5.75 Å². The number of hydrogen-bond acceptors (Lipinski definition) is 5. The van der Waals surface area contributed by atoms with Gasteiger partial charge in [0.15, 0.2) is 6.61 Å². The number of ether oxygens (including phenoxy) is 3. The highest BCUT2D eigenvalue weighted by molar-refractivity contribution is 9.11. The SMILES string of the molecule is COC(=O)c1ccccc1OC(=O)COc1c(C)cc(Br)cc1Br. The predicted octanol–water partition coefficient (Wildman–Crippen LogP) is 4.29. The molecular weight excluding hydrogens is 444 g/mol. The van der Waals surface area contributed by atoms with Gasteiger partial charge in [0.05, 0.1) is 11.6 Å². The van der Waals surface area contributed by atoms with Gasteiger partial charge in [0, 0.05) is 4.47 Å². The zero-order valence-corrected chi connectivity index (χ0v) is 16.1. The number of hydrogen-bond donors (Lipinski definition) is 0. The van der Waals surface area contributed by atoms with Gasteiger partial charge in [-0.05, 0) is 52.7 Å². The molecule has 0 saturated carbocycles. The van der Waals surface area contributed by atoms with E-state index in [4.69, 9.17) is 9.47 Å². The molecule has 24 heavy (non-hydrogen) atoms. The summed E-state index contributed by atoms with van der Waals surface area (Å²) in [5.41, 5.74) is 1.04. The maximum absolute atomic E-state index is 12.0. The minimum Gasteiger partial charge on any atom is -0.480 e.